The van der Waals surface area contributed by atoms with E-state index in [1.165, 1.54) is 0 Å². The van der Waals surface area contributed by atoms with Crippen LogP contribution in [0.25, 0.3) is 24.6 Å². The van der Waals surface area contributed by atoms with Gasteiger partial charge in [-0.3, -0.25) is 0 Å². The number of hydrogen-bond donors (Lipinski definition) is 0. The molecule has 0 aliphatic rings. The third kappa shape index (κ3) is 80.8. The van der Waals surface area contributed by atoms with Crippen molar-refractivity contribution in [3.05, 3.63) is 24.6 Å². The minimum Gasteiger partial charge on any atom is -0.693 e. The molecule has 0 heterocycles. The second kappa shape index (κ2) is 154. The zero-order valence-corrected chi connectivity index (χ0v) is 5.05. The van der Waals surface area contributed by atoms with Crippen molar-refractivity contribution in [2.75, 3.05) is 0 Å². The Bertz CT molecular complexity index is 3.61. The van der Waals surface area contributed by atoms with E-state index in [1.807, 2.05) is 0 Å². The first-order valence-corrected chi connectivity index (χ1v) is 0. The number of rotatable bonds is 0. The molecule has 2 radical (unpaired) electrons. The van der Waals surface area contributed by atoms with Gasteiger partial charge >= 0.3 is 23.7 Å². The minimum absolute atomic E-state index is 0. The number of nitrogens with two attached hydrogens (primary N) is 4. The molecule has 5 heteroatoms. The van der Waals surface area contributed by atoms with Crippen molar-refractivity contribution in [2.24, 2.45) is 0 Å². The van der Waals surface area contributed by atoms with Gasteiger partial charge in [0.05, 0.1) is 0 Å². The van der Waals surface area contributed by atoms with Crippen LogP contribution in [0.3, 0.4) is 0 Å². The maximum absolute atomic E-state index is 0. The van der Waals surface area contributed by atoms with Crippen molar-refractivity contribution in [3.63, 3.8) is 0 Å². The van der Waals surface area contributed by atoms with Crippen LogP contribution in [0.2, 0.25) is 0 Å². The maximum atomic E-state index is 0. The molecule has 0 aromatic rings. The topological polar surface area (TPSA) is 134 Å². The molecule has 0 fully saturated rings. The zero-order valence-electron chi connectivity index (χ0n) is 2.72. The Morgan fingerprint density at radius 3 is 0.400 bits per heavy atom. The van der Waals surface area contributed by atoms with Gasteiger partial charge in [-0.1, -0.05) is 0 Å². The van der Waals surface area contributed by atoms with Crippen LogP contribution in [0, 0.1) is 0 Å². The summed E-state index contributed by atoms with van der Waals surface area (Å²) in [6.07, 6.45) is 0. The first kappa shape index (κ1) is 304. The van der Waals surface area contributed by atoms with E-state index in [0.29, 0.717) is 0 Å². The smallest absolute Gasteiger partial charge is 0.693 e. The summed E-state index contributed by atoms with van der Waals surface area (Å²) in [5.74, 6) is 0. The van der Waals surface area contributed by atoms with Gasteiger partial charge in [-0.25, -0.2) is 0 Å². The summed E-state index contributed by atoms with van der Waals surface area (Å²) in [6, 6.07) is 0. The molecule has 0 aliphatic heterocycles. The molecule has 34 valence electrons. The fourth-order valence-corrected chi connectivity index (χ4v) is 0. The van der Waals surface area contributed by atoms with Crippen LogP contribution in [0.5, 0.6) is 0 Å². The zero-order chi connectivity index (χ0) is 0. The van der Waals surface area contributed by atoms with Gasteiger partial charge in [0.15, 0.2) is 0 Å². The summed E-state index contributed by atoms with van der Waals surface area (Å²) in [5, 5.41) is 0. The van der Waals surface area contributed by atoms with E-state index in [-0.39, 0.29) is 48.3 Å². The second-order valence-electron chi connectivity index (χ2n) is 0. The summed E-state index contributed by atoms with van der Waals surface area (Å²) in [6.45, 7) is 0. The van der Waals surface area contributed by atoms with E-state index in [4.69, 9.17) is 0 Å². The Morgan fingerprint density at radius 2 is 0.400 bits per heavy atom. The molecular weight excluding hydrogens is 184 g/mol. The van der Waals surface area contributed by atoms with Crippen LogP contribution in [0.15, 0.2) is 0 Å². The Labute approximate surface area is 48.8 Å². The van der Waals surface area contributed by atoms with Gasteiger partial charge in [0.25, 0.3) is 0 Å². The van der Waals surface area contributed by atoms with Gasteiger partial charge in [-0.15, -0.1) is 0 Å². The van der Waals surface area contributed by atoms with Crippen LogP contribution in [0.4, 0.5) is 0 Å². The van der Waals surface area contributed by atoms with E-state index < -0.39 is 0 Å². The fourth-order valence-electron chi connectivity index (χ4n) is 0. The van der Waals surface area contributed by atoms with E-state index in [0.717, 1.165) is 0 Å². The van der Waals surface area contributed by atoms with Gasteiger partial charge in [0.1, 0.15) is 0 Å². The molecule has 0 saturated heterocycles. The second-order valence-corrected chi connectivity index (χ2v) is 0. The van der Waals surface area contributed by atoms with Crippen molar-refractivity contribution >= 4 is 23.7 Å². The molecule has 8 N–H and O–H groups in total. The van der Waals surface area contributed by atoms with Gasteiger partial charge in [0.2, 0.25) is 0 Å². The van der Waals surface area contributed by atoms with Crippen molar-refractivity contribution in [3.8, 4) is 0 Å². The minimum atomic E-state index is 0. The predicted octanol–water partition coefficient (Wildman–Crippen LogP) is 2.49. The van der Waals surface area contributed by atoms with Crippen LogP contribution < -0.4 is 0 Å². The largest absolute Gasteiger partial charge is 4.00 e. The Hall–Kier alpha value is 0.630. The van der Waals surface area contributed by atoms with E-state index in [9.17, 15) is 0 Å². The van der Waals surface area contributed by atoms with Crippen LogP contribution in [-0.4, -0.2) is 23.7 Å². The molecule has 0 spiro atoms. The summed E-state index contributed by atoms with van der Waals surface area (Å²) < 4.78 is 0. The average molecular weight is 192 g/mol. The van der Waals surface area contributed by atoms with Gasteiger partial charge < -0.3 is 24.6 Å². The fraction of sp³-hybridized carbons (Fsp3) is 0. The van der Waals surface area contributed by atoms with Crippen LogP contribution >= 0.6 is 0 Å². The molecule has 0 aromatic carbocycles. The van der Waals surface area contributed by atoms with Crippen molar-refractivity contribution in [2.45, 2.75) is 0 Å². The average Bonchev–Trinajstić information content (AvgIpc) is 0. The molecule has 0 saturated carbocycles. The van der Waals surface area contributed by atoms with E-state index >= 15 is 0 Å². The third-order valence-corrected chi connectivity index (χ3v) is 0. The molecule has 5 heavy (non-hydrogen) atoms. The molecular formula is H8N4Te. The monoisotopic (exact) mass is 194 g/mol. The van der Waals surface area contributed by atoms with Crippen molar-refractivity contribution in [1.29, 1.82) is 0 Å². The molecule has 0 atom stereocenters. The molecule has 0 aromatic heterocycles. The number of hydrogen-bond acceptors (Lipinski definition) is 0. The third-order valence-electron chi connectivity index (χ3n) is 0. The summed E-state index contributed by atoms with van der Waals surface area (Å²) in [7, 11) is 0. The van der Waals surface area contributed by atoms with Crippen LogP contribution in [0.1, 0.15) is 0 Å². The standard InChI is InChI=1S/4H2N.Te/h4*1H2;/q4*-1;+4. The molecule has 0 amide bonds. The molecule has 0 unspecified atom stereocenters. The quantitative estimate of drug-likeness (QED) is 0.520. The Morgan fingerprint density at radius 1 is 0.400 bits per heavy atom. The van der Waals surface area contributed by atoms with E-state index in [2.05, 4.69) is 0 Å². The van der Waals surface area contributed by atoms with Gasteiger partial charge in [-0.2, -0.15) is 0 Å². The van der Waals surface area contributed by atoms with Gasteiger partial charge in [-0.05, 0) is 0 Å². The maximum Gasteiger partial charge on any atom is 4.00 e. The first-order valence-electron chi connectivity index (χ1n) is 0. The molecule has 4 nitrogen and oxygen atoms in total. The van der Waals surface area contributed by atoms with Crippen molar-refractivity contribution in [1.82, 2.24) is 0 Å². The molecule has 0 rings (SSSR count). The summed E-state index contributed by atoms with van der Waals surface area (Å²) >= 11 is 0. The van der Waals surface area contributed by atoms with Gasteiger partial charge in [0, 0.05) is 0 Å². The van der Waals surface area contributed by atoms with E-state index in [1.54, 1.807) is 0 Å². The molecule has 0 aliphatic carbocycles. The van der Waals surface area contributed by atoms with Crippen LogP contribution in [-0.2, 0) is 0 Å². The summed E-state index contributed by atoms with van der Waals surface area (Å²) in [4.78, 5) is 0. The first-order chi connectivity index (χ1) is 0. The normalized spacial score (nSPS) is 0. The molecule has 0 bridgehead atoms. The SMILES string of the molecule is [NH2-].[NH2-].[NH2-].[NH2-].[Te+4]. The summed E-state index contributed by atoms with van der Waals surface area (Å²) in [5.41, 5.74) is 0. The Kier molecular flexibility index (Phi) is 9370. The van der Waals surface area contributed by atoms with Crippen molar-refractivity contribution < 1.29 is 0 Å². The Balaban J connectivity index is 0. The predicted molar refractivity (Wildman–Crippen MR) is 26.9 cm³/mol.